The molecule has 0 radical (unpaired) electrons. The molecule has 0 atom stereocenters. The fraction of sp³-hybridized carbons (Fsp3) is 0.176. The average Bonchev–Trinajstić information content (AvgIpc) is 3.06. The van der Waals surface area contributed by atoms with E-state index in [9.17, 15) is 12.8 Å². The predicted octanol–water partition coefficient (Wildman–Crippen LogP) is 4.02. The molecule has 0 saturated heterocycles. The van der Waals surface area contributed by atoms with Crippen molar-refractivity contribution in [1.82, 2.24) is 10.2 Å². The van der Waals surface area contributed by atoms with Crippen molar-refractivity contribution in [3.05, 3.63) is 70.8 Å². The maximum Gasteiger partial charge on any atom is 0.276 e. The Balaban J connectivity index is 1.59. The predicted molar refractivity (Wildman–Crippen MR) is 97.7 cm³/mol. The smallest absolute Gasteiger partial charge is 0.276 e. The second-order valence-electron chi connectivity index (χ2n) is 5.32. The van der Waals surface area contributed by atoms with Crippen LogP contribution in [0.25, 0.3) is 0 Å². The molecule has 0 amide bonds. The first kappa shape index (κ1) is 18.9. The molecule has 0 spiro atoms. The van der Waals surface area contributed by atoms with Gasteiger partial charge in [0.05, 0.1) is 17.1 Å². The third-order valence-electron chi connectivity index (χ3n) is 3.52. The summed E-state index contributed by atoms with van der Waals surface area (Å²) in [4.78, 5) is 0.279. The molecule has 1 heterocycles. The van der Waals surface area contributed by atoms with Crippen LogP contribution in [0.3, 0.4) is 0 Å². The number of nitrogens with zero attached hydrogens (tertiary/aromatic N) is 2. The van der Waals surface area contributed by atoms with Crippen LogP contribution in [0, 0.1) is 5.82 Å². The molecular formula is C17H14ClFN2O3S2. The van der Waals surface area contributed by atoms with Gasteiger partial charge in [0.15, 0.2) is 9.84 Å². The molecule has 3 rings (SSSR count). The minimum atomic E-state index is -3.36. The van der Waals surface area contributed by atoms with Crippen molar-refractivity contribution in [2.45, 2.75) is 16.5 Å². The summed E-state index contributed by atoms with van der Waals surface area (Å²) in [5.41, 5.74) is 0.279. The lowest BCUT2D eigenvalue weighted by atomic mass is 10.1. The SMILES string of the molecule is O=S(=O)(CCSc1nnc(Cc2c(F)cccc2Cl)o1)c1ccccc1. The van der Waals surface area contributed by atoms with Crippen molar-refractivity contribution in [2.75, 3.05) is 11.5 Å². The normalized spacial score (nSPS) is 11.6. The third-order valence-corrected chi connectivity index (χ3v) is 6.68. The molecule has 5 nitrogen and oxygen atoms in total. The maximum atomic E-state index is 13.8. The van der Waals surface area contributed by atoms with E-state index in [0.717, 1.165) is 11.8 Å². The summed E-state index contributed by atoms with van der Waals surface area (Å²) >= 11 is 7.11. The Hall–Kier alpha value is -1.90. The van der Waals surface area contributed by atoms with Crippen molar-refractivity contribution >= 4 is 33.2 Å². The van der Waals surface area contributed by atoms with E-state index >= 15 is 0 Å². The molecule has 0 saturated carbocycles. The zero-order valence-corrected chi connectivity index (χ0v) is 15.8. The molecule has 0 aliphatic rings. The second-order valence-corrected chi connectivity index (χ2v) is 8.88. The molecule has 9 heteroatoms. The molecule has 0 fully saturated rings. The van der Waals surface area contributed by atoms with Crippen molar-refractivity contribution in [3.8, 4) is 0 Å². The number of hydrogen-bond acceptors (Lipinski definition) is 6. The minimum absolute atomic E-state index is 0.0570. The highest BCUT2D eigenvalue weighted by Crippen LogP contribution is 2.24. The highest BCUT2D eigenvalue weighted by molar-refractivity contribution is 8.00. The lowest BCUT2D eigenvalue weighted by molar-refractivity contribution is 0.418. The Kier molecular flexibility index (Phi) is 5.95. The molecule has 136 valence electrons. The van der Waals surface area contributed by atoms with Gasteiger partial charge in [0, 0.05) is 16.3 Å². The van der Waals surface area contributed by atoms with Gasteiger partial charge < -0.3 is 4.42 Å². The number of rotatable bonds is 7. The molecule has 0 unspecified atom stereocenters. The summed E-state index contributed by atoms with van der Waals surface area (Å²) in [7, 11) is -3.36. The number of benzene rings is 2. The topological polar surface area (TPSA) is 73.1 Å². The lowest BCUT2D eigenvalue weighted by Gasteiger charge is -2.03. The van der Waals surface area contributed by atoms with Crippen LogP contribution in [0.1, 0.15) is 11.5 Å². The van der Waals surface area contributed by atoms with Crippen molar-refractivity contribution in [1.29, 1.82) is 0 Å². The van der Waals surface area contributed by atoms with E-state index < -0.39 is 15.7 Å². The van der Waals surface area contributed by atoms with Gasteiger partial charge in [-0.05, 0) is 24.3 Å². The Morgan fingerprint density at radius 2 is 1.85 bits per heavy atom. The lowest BCUT2D eigenvalue weighted by Crippen LogP contribution is -2.08. The van der Waals surface area contributed by atoms with Crippen LogP contribution in [-0.2, 0) is 16.3 Å². The van der Waals surface area contributed by atoms with Gasteiger partial charge >= 0.3 is 0 Å². The Morgan fingerprint density at radius 3 is 2.58 bits per heavy atom. The molecule has 0 bridgehead atoms. The van der Waals surface area contributed by atoms with E-state index in [1.165, 1.54) is 12.1 Å². The fourth-order valence-corrected chi connectivity index (χ4v) is 4.88. The summed E-state index contributed by atoms with van der Waals surface area (Å²) in [6, 6.07) is 12.6. The first-order valence-corrected chi connectivity index (χ1v) is 10.6. The minimum Gasteiger partial charge on any atom is -0.416 e. The van der Waals surface area contributed by atoms with Gasteiger partial charge in [-0.1, -0.05) is 47.6 Å². The Labute approximate surface area is 159 Å². The summed E-state index contributed by atoms with van der Waals surface area (Å²) in [5, 5.41) is 8.22. The second kappa shape index (κ2) is 8.20. The van der Waals surface area contributed by atoms with Gasteiger partial charge in [0.25, 0.3) is 5.22 Å². The number of aromatic nitrogens is 2. The van der Waals surface area contributed by atoms with E-state index in [-0.39, 0.29) is 44.5 Å². The first-order chi connectivity index (χ1) is 12.5. The maximum absolute atomic E-state index is 13.8. The third kappa shape index (κ3) is 4.63. The van der Waals surface area contributed by atoms with Crippen molar-refractivity contribution in [3.63, 3.8) is 0 Å². The van der Waals surface area contributed by atoms with E-state index in [4.69, 9.17) is 16.0 Å². The first-order valence-electron chi connectivity index (χ1n) is 7.61. The van der Waals surface area contributed by atoms with Crippen LogP contribution in [-0.4, -0.2) is 30.1 Å². The van der Waals surface area contributed by atoms with Gasteiger partial charge in [-0.2, -0.15) is 0 Å². The quantitative estimate of drug-likeness (QED) is 0.546. The number of halogens is 2. The summed E-state index contributed by atoms with van der Waals surface area (Å²) in [5.74, 6) is -0.0260. The van der Waals surface area contributed by atoms with Crippen LogP contribution in [0.2, 0.25) is 5.02 Å². The molecule has 0 aliphatic heterocycles. The molecule has 2 aromatic carbocycles. The molecule has 0 N–H and O–H groups in total. The number of hydrogen-bond donors (Lipinski definition) is 0. The van der Waals surface area contributed by atoms with E-state index in [2.05, 4.69) is 10.2 Å². The van der Waals surface area contributed by atoms with Crippen molar-refractivity contribution < 1.29 is 17.2 Å². The zero-order valence-electron chi connectivity index (χ0n) is 13.4. The van der Waals surface area contributed by atoms with Crippen LogP contribution in [0.15, 0.2) is 63.1 Å². The van der Waals surface area contributed by atoms with Crippen LogP contribution in [0.5, 0.6) is 0 Å². The monoisotopic (exact) mass is 412 g/mol. The highest BCUT2D eigenvalue weighted by atomic mass is 35.5. The Bertz CT molecular complexity index is 974. The van der Waals surface area contributed by atoms with Gasteiger partial charge in [0.2, 0.25) is 5.89 Å². The van der Waals surface area contributed by atoms with Crippen LogP contribution < -0.4 is 0 Å². The van der Waals surface area contributed by atoms with E-state index in [0.29, 0.717) is 0 Å². The average molecular weight is 413 g/mol. The van der Waals surface area contributed by atoms with E-state index in [1.54, 1.807) is 36.4 Å². The van der Waals surface area contributed by atoms with E-state index in [1.807, 2.05) is 0 Å². The fourth-order valence-electron chi connectivity index (χ4n) is 2.20. The van der Waals surface area contributed by atoms with Crippen LogP contribution >= 0.6 is 23.4 Å². The zero-order chi connectivity index (χ0) is 18.6. The molecule has 1 aromatic heterocycles. The van der Waals surface area contributed by atoms with Gasteiger partial charge in [-0.25, -0.2) is 12.8 Å². The summed E-state index contributed by atoms with van der Waals surface area (Å²) in [6.45, 7) is 0. The summed E-state index contributed by atoms with van der Waals surface area (Å²) in [6.07, 6.45) is 0.0708. The summed E-state index contributed by atoms with van der Waals surface area (Å²) < 4.78 is 43.6. The number of thioether (sulfide) groups is 1. The molecular weight excluding hydrogens is 399 g/mol. The molecule has 3 aromatic rings. The van der Waals surface area contributed by atoms with Gasteiger partial charge in [-0.15, -0.1) is 10.2 Å². The Morgan fingerprint density at radius 1 is 1.08 bits per heavy atom. The molecule has 0 aliphatic carbocycles. The highest BCUT2D eigenvalue weighted by Gasteiger charge is 2.16. The molecule has 26 heavy (non-hydrogen) atoms. The van der Waals surface area contributed by atoms with Crippen LogP contribution in [0.4, 0.5) is 4.39 Å². The largest absolute Gasteiger partial charge is 0.416 e. The van der Waals surface area contributed by atoms with Gasteiger partial charge in [-0.3, -0.25) is 0 Å². The van der Waals surface area contributed by atoms with Gasteiger partial charge in [0.1, 0.15) is 5.82 Å². The standard InChI is InChI=1S/C17H14ClFN2O3S2/c18-14-7-4-8-15(19)13(14)11-16-20-21-17(24-16)25-9-10-26(22,23)12-5-2-1-3-6-12/h1-8H,9-11H2. The number of sulfone groups is 1. The van der Waals surface area contributed by atoms with Crippen molar-refractivity contribution in [2.24, 2.45) is 0 Å².